The van der Waals surface area contributed by atoms with E-state index in [-0.39, 0.29) is 5.69 Å². The van der Waals surface area contributed by atoms with Crippen LogP contribution >= 0.6 is 0 Å². The Bertz CT molecular complexity index is 1020. The second-order valence-electron chi connectivity index (χ2n) is 7.05. The second kappa shape index (κ2) is 7.82. The van der Waals surface area contributed by atoms with Crippen LogP contribution in [0, 0.1) is 17.0 Å². The fraction of sp³-hybridized carbons (Fsp3) is 0.250. The van der Waals surface area contributed by atoms with Crippen LogP contribution in [0.25, 0.3) is 0 Å². The van der Waals surface area contributed by atoms with Crippen LogP contribution in [0.5, 0.6) is 5.75 Å². The zero-order valence-electron chi connectivity index (χ0n) is 16.5. The molecular formula is C20H20N4O6. The van der Waals surface area contributed by atoms with Crippen LogP contribution in [0.2, 0.25) is 0 Å². The number of carbonyl (C=O) groups excluding carboxylic acids is 3. The molecule has 156 valence electrons. The molecule has 0 aromatic heterocycles. The fourth-order valence-electron chi connectivity index (χ4n) is 3.00. The molecule has 1 aliphatic rings. The van der Waals surface area contributed by atoms with Gasteiger partial charge in [-0.1, -0.05) is 12.1 Å². The molecule has 0 radical (unpaired) electrons. The zero-order valence-corrected chi connectivity index (χ0v) is 16.5. The van der Waals surface area contributed by atoms with Gasteiger partial charge in [0.25, 0.3) is 17.5 Å². The number of urea groups is 1. The highest BCUT2D eigenvalue weighted by molar-refractivity contribution is 6.08. The van der Waals surface area contributed by atoms with Gasteiger partial charge in [0.05, 0.1) is 4.92 Å². The molecule has 1 aliphatic heterocycles. The molecule has 3 rings (SSSR count). The molecule has 2 atom stereocenters. The number of hydrogen-bond donors (Lipinski definition) is 2. The van der Waals surface area contributed by atoms with Crippen LogP contribution in [-0.4, -0.2) is 33.9 Å². The molecule has 2 N–H and O–H groups in total. The monoisotopic (exact) mass is 412 g/mol. The number of nitrogens with one attached hydrogen (secondary N) is 2. The van der Waals surface area contributed by atoms with Gasteiger partial charge in [0, 0.05) is 12.1 Å². The van der Waals surface area contributed by atoms with Gasteiger partial charge in [-0.3, -0.25) is 25.1 Å². The summed E-state index contributed by atoms with van der Waals surface area (Å²) in [6.45, 7) is 4.82. The lowest BCUT2D eigenvalue weighted by Gasteiger charge is -2.22. The summed E-state index contributed by atoms with van der Waals surface area (Å²) in [5.74, 6) is -0.934. The lowest BCUT2D eigenvalue weighted by molar-refractivity contribution is -0.384. The Morgan fingerprint density at radius 2 is 1.90 bits per heavy atom. The van der Waals surface area contributed by atoms with E-state index in [1.807, 2.05) is 13.0 Å². The third kappa shape index (κ3) is 3.93. The molecule has 1 fully saturated rings. The highest BCUT2D eigenvalue weighted by atomic mass is 16.6. The minimum Gasteiger partial charge on any atom is -0.481 e. The van der Waals surface area contributed by atoms with E-state index in [1.54, 1.807) is 18.2 Å². The molecule has 0 saturated carbocycles. The number of aryl methyl sites for hydroxylation is 1. The van der Waals surface area contributed by atoms with Crippen molar-refractivity contribution in [2.45, 2.75) is 32.4 Å². The SMILES string of the molecule is Cc1cccc(O[C@H](C)C(=O)NN2C(=O)N[C@](C)(c3ccc([N+](=O)[O-])cc3)C2=O)c1. The topological polar surface area (TPSA) is 131 Å². The highest BCUT2D eigenvalue weighted by Crippen LogP contribution is 2.29. The molecule has 10 nitrogen and oxygen atoms in total. The molecule has 2 aromatic rings. The van der Waals surface area contributed by atoms with Crippen LogP contribution in [0.1, 0.15) is 25.0 Å². The summed E-state index contributed by atoms with van der Waals surface area (Å²) in [4.78, 5) is 47.9. The van der Waals surface area contributed by atoms with Crippen molar-refractivity contribution in [1.82, 2.24) is 15.8 Å². The van der Waals surface area contributed by atoms with Crippen LogP contribution < -0.4 is 15.5 Å². The van der Waals surface area contributed by atoms with Gasteiger partial charge >= 0.3 is 6.03 Å². The van der Waals surface area contributed by atoms with Gasteiger partial charge in [0.15, 0.2) is 6.10 Å². The average molecular weight is 412 g/mol. The molecule has 10 heteroatoms. The third-order valence-corrected chi connectivity index (χ3v) is 4.74. The lowest BCUT2D eigenvalue weighted by Crippen LogP contribution is -2.51. The van der Waals surface area contributed by atoms with E-state index in [4.69, 9.17) is 4.74 Å². The van der Waals surface area contributed by atoms with Crippen molar-refractivity contribution in [3.8, 4) is 5.75 Å². The van der Waals surface area contributed by atoms with Gasteiger partial charge in [0.2, 0.25) is 0 Å². The van der Waals surface area contributed by atoms with Crippen LogP contribution in [0.15, 0.2) is 48.5 Å². The summed E-state index contributed by atoms with van der Waals surface area (Å²) < 4.78 is 5.56. The molecule has 2 aromatic carbocycles. The van der Waals surface area contributed by atoms with Crippen molar-refractivity contribution >= 4 is 23.5 Å². The summed E-state index contributed by atoms with van der Waals surface area (Å²) >= 11 is 0. The van der Waals surface area contributed by atoms with Gasteiger partial charge in [-0.25, -0.2) is 4.79 Å². The number of amides is 4. The second-order valence-corrected chi connectivity index (χ2v) is 7.05. The number of benzene rings is 2. The van der Waals surface area contributed by atoms with Gasteiger partial charge in [-0.2, -0.15) is 5.01 Å². The molecule has 0 spiro atoms. The van der Waals surface area contributed by atoms with E-state index in [9.17, 15) is 24.5 Å². The number of imide groups is 1. The van der Waals surface area contributed by atoms with E-state index in [0.29, 0.717) is 16.3 Å². The Balaban J connectivity index is 1.72. The fourth-order valence-corrected chi connectivity index (χ4v) is 3.00. The first kappa shape index (κ1) is 20.8. The Kier molecular flexibility index (Phi) is 5.41. The Labute approximate surface area is 171 Å². The summed E-state index contributed by atoms with van der Waals surface area (Å²) in [5, 5.41) is 13.9. The first-order valence-corrected chi connectivity index (χ1v) is 9.07. The van der Waals surface area contributed by atoms with Gasteiger partial charge in [-0.15, -0.1) is 0 Å². The maximum absolute atomic E-state index is 12.9. The Hall–Kier alpha value is -3.95. The zero-order chi connectivity index (χ0) is 22.1. The van der Waals surface area contributed by atoms with E-state index in [1.165, 1.54) is 38.1 Å². The smallest absolute Gasteiger partial charge is 0.344 e. The average Bonchev–Trinajstić information content (AvgIpc) is 2.92. The maximum atomic E-state index is 12.9. The molecule has 30 heavy (non-hydrogen) atoms. The van der Waals surface area contributed by atoms with Crippen LogP contribution in [0.4, 0.5) is 10.5 Å². The summed E-state index contributed by atoms with van der Waals surface area (Å²) in [5.41, 5.74) is 1.93. The maximum Gasteiger partial charge on any atom is 0.344 e. The number of carbonyl (C=O) groups is 3. The number of ether oxygens (including phenoxy) is 1. The van der Waals surface area contributed by atoms with E-state index in [2.05, 4.69) is 10.7 Å². The molecule has 1 saturated heterocycles. The number of hydrogen-bond acceptors (Lipinski definition) is 6. The van der Waals surface area contributed by atoms with Crippen LogP contribution in [0.3, 0.4) is 0 Å². The number of nitro groups is 1. The molecule has 1 heterocycles. The number of hydrazine groups is 1. The molecule has 0 unspecified atom stereocenters. The van der Waals surface area contributed by atoms with Crippen molar-refractivity contribution in [3.63, 3.8) is 0 Å². The van der Waals surface area contributed by atoms with Crippen molar-refractivity contribution in [2.75, 3.05) is 0 Å². The molecule has 0 aliphatic carbocycles. The highest BCUT2D eigenvalue weighted by Gasteiger charge is 2.50. The molecule has 0 bridgehead atoms. The van der Waals surface area contributed by atoms with Crippen molar-refractivity contribution in [3.05, 3.63) is 69.8 Å². The standard InChI is InChI=1S/C20H20N4O6/c1-12-5-4-6-16(11-12)30-13(2)17(25)22-23-18(26)20(3,21-19(23)27)14-7-9-15(10-8-14)24(28)29/h4-11,13H,1-3H3,(H,21,27)(H,22,25)/t13-,20-/m1/s1. The molecule has 4 amide bonds. The van der Waals surface area contributed by atoms with Gasteiger partial charge in [0.1, 0.15) is 11.3 Å². The normalized spacial score (nSPS) is 19.2. The first-order chi connectivity index (χ1) is 14.1. The largest absolute Gasteiger partial charge is 0.481 e. The summed E-state index contributed by atoms with van der Waals surface area (Å²) in [6.07, 6.45) is -0.973. The van der Waals surface area contributed by atoms with E-state index < -0.39 is 34.4 Å². The Morgan fingerprint density at radius 3 is 2.50 bits per heavy atom. The van der Waals surface area contributed by atoms with Crippen molar-refractivity contribution in [2.24, 2.45) is 0 Å². The predicted molar refractivity (Wildman–Crippen MR) is 105 cm³/mol. The number of rotatable bonds is 6. The summed E-state index contributed by atoms with van der Waals surface area (Å²) in [6, 6.07) is 11.5. The minimum atomic E-state index is -1.49. The lowest BCUT2D eigenvalue weighted by atomic mass is 9.92. The van der Waals surface area contributed by atoms with E-state index >= 15 is 0 Å². The third-order valence-electron chi connectivity index (χ3n) is 4.74. The minimum absolute atomic E-state index is 0.147. The Morgan fingerprint density at radius 1 is 1.23 bits per heavy atom. The van der Waals surface area contributed by atoms with Gasteiger partial charge < -0.3 is 10.1 Å². The number of nitrogens with zero attached hydrogens (tertiary/aromatic N) is 2. The van der Waals surface area contributed by atoms with Crippen LogP contribution in [-0.2, 0) is 15.1 Å². The quantitative estimate of drug-likeness (QED) is 0.425. The molecular weight excluding hydrogens is 392 g/mol. The summed E-state index contributed by atoms with van der Waals surface area (Å²) in [7, 11) is 0. The number of nitro benzene ring substituents is 1. The first-order valence-electron chi connectivity index (χ1n) is 9.07. The number of non-ortho nitro benzene ring substituents is 1. The van der Waals surface area contributed by atoms with Gasteiger partial charge in [-0.05, 0) is 56.2 Å². The van der Waals surface area contributed by atoms with Crippen molar-refractivity contribution in [1.29, 1.82) is 0 Å². The predicted octanol–water partition coefficient (Wildman–Crippen LogP) is 2.17. The van der Waals surface area contributed by atoms with Crippen molar-refractivity contribution < 1.29 is 24.0 Å². The van der Waals surface area contributed by atoms with E-state index in [0.717, 1.165) is 5.56 Å².